The van der Waals surface area contributed by atoms with Crippen molar-refractivity contribution in [3.8, 4) is 5.75 Å². The zero-order chi connectivity index (χ0) is 20.9. The Morgan fingerprint density at radius 2 is 1.83 bits per heavy atom. The molecule has 1 amide bonds. The molecule has 0 saturated carbocycles. The minimum absolute atomic E-state index is 0.185. The highest BCUT2D eigenvalue weighted by molar-refractivity contribution is 9.10. The van der Waals surface area contributed by atoms with Crippen LogP contribution < -0.4 is 10.2 Å². The molecule has 0 atom stereocenters. The standard InChI is InChI=1S/C23H16BrFN2O3/c24-18-5-10-21-17(11-18)12-22(30-21)23(28)27-26-13-15-3-8-20(9-4-15)29-14-16-1-6-19(25)7-2-16/h1-13H,14H2,(H,27,28)/b26-13+. The Labute approximate surface area is 180 Å². The molecule has 0 saturated heterocycles. The minimum atomic E-state index is -0.433. The van der Waals surface area contributed by atoms with Gasteiger partial charge in [-0.2, -0.15) is 5.10 Å². The molecule has 3 aromatic carbocycles. The van der Waals surface area contributed by atoms with E-state index in [0.717, 1.165) is 21.0 Å². The van der Waals surface area contributed by atoms with E-state index >= 15 is 0 Å². The number of nitrogens with one attached hydrogen (secondary N) is 1. The number of furan rings is 1. The summed E-state index contributed by atoms with van der Waals surface area (Å²) >= 11 is 3.39. The highest BCUT2D eigenvalue weighted by Gasteiger charge is 2.11. The first-order valence-corrected chi connectivity index (χ1v) is 9.86. The van der Waals surface area contributed by atoms with Crippen molar-refractivity contribution in [3.05, 3.63) is 100.0 Å². The Kier molecular flexibility index (Phi) is 5.90. The quantitative estimate of drug-likeness (QED) is 0.293. The van der Waals surface area contributed by atoms with Gasteiger partial charge < -0.3 is 9.15 Å². The second kappa shape index (κ2) is 8.92. The van der Waals surface area contributed by atoms with Crippen molar-refractivity contribution in [2.45, 2.75) is 6.61 Å². The Bertz CT molecular complexity index is 1200. The summed E-state index contributed by atoms with van der Waals surface area (Å²) in [5.41, 5.74) is 4.75. The van der Waals surface area contributed by atoms with Crippen LogP contribution in [0.4, 0.5) is 4.39 Å². The average molecular weight is 467 g/mol. The van der Waals surface area contributed by atoms with Crippen LogP contribution in [-0.4, -0.2) is 12.1 Å². The van der Waals surface area contributed by atoms with Crippen LogP contribution in [0.25, 0.3) is 11.0 Å². The smallest absolute Gasteiger partial charge is 0.307 e. The first-order chi connectivity index (χ1) is 14.6. The molecular formula is C23H16BrFN2O3. The van der Waals surface area contributed by atoms with Crippen LogP contribution in [0.2, 0.25) is 0 Å². The molecule has 5 nitrogen and oxygen atoms in total. The summed E-state index contributed by atoms with van der Waals surface area (Å²) in [5, 5.41) is 4.80. The van der Waals surface area contributed by atoms with Crippen LogP contribution in [0.1, 0.15) is 21.7 Å². The molecule has 1 N–H and O–H groups in total. The maximum absolute atomic E-state index is 12.9. The first kappa shape index (κ1) is 19.8. The van der Waals surface area contributed by atoms with Crippen molar-refractivity contribution in [3.63, 3.8) is 0 Å². The van der Waals surface area contributed by atoms with Gasteiger partial charge in [-0.15, -0.1) is 0 Å². The van der Waals surface area contributed by atoms with Gasteiger partial charge in [-0.05, 0) is 71.8 Å². The van der Waals surface area contributed by atoms with Crippen LogP contribution in [0.15, 0.2) is 86.8 Å². The van der Waals surface area contributed by atoms with Crippen molar-refractivity contribution in [1.82, 2.24) is 5.43 Å². The third-order valence-corrected chi connectivity index (χ3v) is 4.77. The Morgan fingerprint density at radius 3 is 2.60 bits per heavy atom. The summed E-state index contributed by atoms with van der Waals surface area (Å²) in [7, 11) is 0. The molecule has 0 fully saturated rings. The molecule has 4 aromatic rings. The van der Waals surface area contributed by atoms with Crippen LogP contribution in [-0.2, 0) is 6.61 Å². The number of ether oxygens (including phenoxy) is 1. The van der Waals surface area contributed by atoms with Crippen molar-refractivity contribution >= 4 is 39.0 Å². The number of hydrogen-bond donors (Lipinski definition) is 1. The fourth-order valence-corrected chi connectivity index (χ4v) is 3.12. The molecule has 0 unspecified atom stereocenters. The molecule has 0 radical (unpaired) electrons. The van der Waals surface area contributed by atoms with Crippen molar-refractivity contribution < 1.29 is 18.3 Å². The van der Waals surface area contributed by atoms with E-state index in [1.54, 1.807) is 36.4 Å². The molecule has 30 heavy (non-hydrogen) atoms. The maximum atomic E-state index is 12.9. The van der Waals surface area contributed by atoms with Gasteiger partial charge in [0.15, 0.2) is 5.76 Å². The van der Waals surface area contributed by atoms with Crippen molar-refractivity contribution in [2.24, 2.45) is 5.10 Å². The molecule has 0 spiro atoms. The zero-order valence-electron chi connectivity index (χ0n) is 15.6. The summed E-state index contributed by atoms with van der Waals surface area (Å²) in [6, 6.07) is 20.6. The number of amides is 1. The lowest BCUT2D eigenvalue weighted by Gasteiger charge is -2.06. The van der Waals surface area contributed by atoms with Gasteiger partial charge in [0.1, 0.15) is 23.8 Å². The van der Waals surface area contributed by atoms with Crippen molar-refractivity contribution in [1.29, 1.82) is 0 Å². The Balaban J connectivity index is 1.32. The van der Waals surface area contributed by atoms with Gasteiger partial charge in [-0.1, -0.05) is 28.1 Å². The Hall–Kier alpha value is -3.45. The normalized spacial score (nSPS) is 11.1. The number of hydrogen-bond acceptors (Lipinski definition) is 4. The second-order valence-corrected chi connectivity index (χ2v) is 7.39. The third-order valence-electron chi connectivity index (χ3n) is 4.28. The van der Waals surface area contributed by atoms with E-state index in [0.29, 0.717) is 17.9 Å². The van der Waals surface area contributed by atoms with Crippen LogP contribution in [0.3, 0.4) is 0 Å². The third kappa shape index (κ3) is 4.93. The summed E-state index contributed by atoms with van der Waals surface area (Å²) in [6.07, 6.45) is 1.53. The highest BCUT2D eigenvalue weighted by atomic mass is 79.9. The van der Waals surface area contributed by atoms with E-state index in [4.69, 9.17) is 9.15 Å². The fourth-order valence-electron chi connectivity index (χ4n) is 2.74. The summed E-state index contributed by atoms with van der Waals surface area (Å²) in [6.45, 7) is 0.345. The monoisotopic (exact) mass is 466 g/mol. The minimum Gasteiger partial charge on any atom is -0.489 e. The van der Waals surface area contributed by atoms with Gasteiger partial charge >= 0.3 is 5.91 Å². The number of hydrazone groups is 1. The molecule has 0 aliphatic heterocycles. The van der Waals surface area contributed by atoms with Crippen LogP contribution >= 0.6 is 15.9 Å². The van der Waals surface area contributed by atoms with Crippen LogP contribution in [0.5, 0.6) is 5.75 Å². The van der Waals surface area contributed by atoms with E-state index in [9.17, 15) is 9.18 Å². The molecule has 0 bridgehead atoms. The molecule has 1 aromatic heterocycles. The topological polar surface area (TPSA) is 63.8 Å². The number of carbonyl (C=O) groups excluding carboxylic acids is 1. The lowest BCUT2D eigenvalue weighted by atomic mass is 10.2. The molecule has 0 aliphatic carbocycles. The van der Waals surface area contributed by atoms with E-state index in [-0.39, 0.29) is 11.6 Å². The predicted molar refractivity (Wildman–Crippen MR) is 116 cm³/mol. The van der Waals surface area contributed by atoms with E-state index in [1.165, 1.54) is 18.3 Å². The van der Waals surface area contributed by atoms with E-state index in [2.05, 4.69) is 26.5 Å². The second-order valence-electron chi connectivity index (χ2n) is 6.48. The van der Waals surface area contributed by atoms with Gasteiger partial charge in [0.05, 0.1) is 6.21 Å². The summed E-state index contributed by atoms with van der Waals surface area (Å²) in [5.74, 6) is 0.152. The number of halogens is 2. The van der Waals surface area contributed by atoms with Gasteiger partial charge in [-0.25, -0.2) is 9.82 Å². The number of carbonyl (C=O) groups is 1. The predicted octanol–water partition coefficient (Wildman–Crippen LogP) is 5.68. The van der Waals surface area contributed by atoms with E-state index in [1.807, 2.05) is 24.3 Å². The highest BCUT2D eigenvalue weighted by Crippen LogP contribution is 2.23. The van der Waals surface area contributed by atoms with Crippen LogP contribution in [0, 0.1) is 5.82 Å². The molecule has 7 heteroatoms. The lowest BCUT2D eigenvalue weighted by Crippen LogP contribution is -2.16. The average Bonchev–Trinajstić information content (AvgIpc) is 3.17. The number of nitrogens with zero attached hydrogens (tertiary/aromatic N) is 1. The molecule has 1 heterocycles. The molecule has 4 rings (SSSR count). The number of benzene rings is 3. The zero-order valence-corrected chi connectivity index (χ0v) is 17.2. The number of rotatable bonds is 6. The van der Waals surface area contributed by atoms with Gasteiger partial charge in [0.25, 0.3) is 0 Å². The van der Waals surface area contributed by atoms with Gasteiger partial charge in [0.2, 0.25) is 0 Å². The summed E-state index contributed by atoms with van der Waals surface area (Å²) in [4.78, 5) is 12.2. The maximum Gasteiger partial charge on any atom is 0.307 e. The number of fused-ring (bicyclic) bond motifs is 1. The lowest BCUT2D eigenvalue weighted by molar-refractivity contribution is 0.0929. The fraction of sp³-hybridized carbons (Fsp3) is 0.0435. The summed E-state index contributed by atoms with van der Waals surface area (Å²) < 4.78 is 25.0. The Morgan fingerprint density at radius 1 is 1.07 bits per heavy atom. The van der Waals surface area contributed by atoms with Crippen molar-refractivity contribution in [2.75, 3.05) is 0 Å². The SMILES string of the molecule is O=C(N/N=C/c1ccc(OCc2ccc(F)cc2)cc1)c1cc2cc(Br)ccc2o1. The first-order valence-electron chi connectivity index (χ1n) is 9.07. The van der Waals surface area contributed by atoms with Gasteiger partial charge in [-0.3, -0.25) is 4.79 Å². The molecular weight excluding hydrogens is 451 g/mol. The largest absolute Gasteiger partial charge is 0.489 e. The van der Waals surface area contributed by atoms with Gasteiger partial charge in [0, 0.05) is 9.86 Å². The molecule has 150 valence electrons. The molecule has 0 aliphatic rings. The van der Waals surface area contributed by atoms with E-state index < -0.39 is 5.91 Å².